The van der Waals surface area contributed by atoms with E-state index < -0.39 is 10.0 Å². The topological polar surface area (TPSA) is 66.5 Å². The second kappa shape index (κ2) is 9.35. The first-order valence-corrected chi connectivity index (χ1v) is 12.0. The summed E-state index contributed by atoms with van der Waals surface area (Å²) in [5.74, 6) is 0.100. The SMILES string of the molecule is Cc1cccc(C(C)C)c1NC(=O)c1ccc(CN(c2ccccc2)S(C)(=O)=O)cc1. The largest absolute Gasteiger partial charge is 0.321 e. The van der Waals surface area contributed by atoms with Crippen LogP contribution in [-0.2, 0) is 16.6 Å². The number of nitrogens with zero attached hydrogens (tertiary/aromatic N) is 1. The summed E-state index contributed by atoms with van der Waals surface area (Å²) >= 11 is 0. The molecule has 3 aromatic carbocycles. The Balaban J connectivity index is 1.80. The van der Waals surface area contributed by atoms with Gasteiger partial charge < -0.3 is 5.32 Å². The number of hydrogen-bond donors (Lipinski definition) is 1. The van der Waals surface area contributed by atoms with Gasteiger partial charge in [-0.2, -0.15) is 0 Å². The fraction of sp³-hybridized carbons (Fsp3) is 0.240. The molecule has 0 spiro atoms. The Morgan fingerprint density at radius 1 is 0.935 bits per heavy atom. The molecule has 6 heteroatoms. The van der Waals surface area contributed by atoms with Gasteiger partial charge in [-0.15, -0.1) is 0 Å². The van der Waals surface area contributed by atoms with E-state index in [9.17, 15) is 13.2 Å². The maximum atomic E-state index is 12.8. The summed E-state index contributed by atoms with van der Waals surface area (Å²) in [6.45, 7) is 6.37. The van der Waals surface area contributed by atoms with Gasteiger partial charge in [0.1, 0.15) is 0 Å². The summed E-state index contributed by atoms with van der Waals surface area (Å²) in [5, 5.41) is 3.04. The van der Waals surface area contributed by atoms with Crippen molar-refractivity contribution in [2.24, 2.45) is 0 Å². The summed E-state index contributed by atoms with van der Waals surface area (Å²) in [7, 11) is -3.45. The number of benzene rings is 3. The number of nitrogens with one attached hydrogen (secondary N) is 1. The maximum absolute atomic E-state index is 12.8. The van der Waals surface area contributed by atoms with Crippen LogP contribution in [0.1, 0.15) is 46.8 Å². The third-order valence-electron chi connectivity index (χ3n) is 5.15. The fourth-order valence-corrected chi connectivity index (χ4v) is 4.34. The molecule has 0 unspecified atom stereocenters. The number of anilines is 2. The van der Waals surface area contributed by atoms with Crippen LogP contribution >= 0.6 is 0 Å². The predicted molar refractivity (Wildman–Crippen MR) is 127 cm³/mol. The molecule has 162 valence electrons. The Bertz CT molecular complexity index is 1160. The molecular formula is C25H28N2O3S. The highest BCUT2D eigenvalue weighted by Crippen LogP contribution is 2.28. The molecule has 0 aromatic heterocycles. The van der Waals surface area contributed by atoms with Gasteiger partial charge in [-0.05, 0) is 53.8 Å². The van der Waals surface area contributed by atoms with Crippen LogP contribution in [0.25, 0.3) is 0 Å². The molecule has 0 heterocycles. The number of carbonyl (C=O) groups is 1. The Morgan fingerprint density at radius 2 is 1.58 bits per heavy atom. The minimum atomic E-state index is -3.45. The summed E-state index contributed by atoms with van der Waals surface area (Å²) < 4.78 is 25.9. The van der Waals surface area contributed by atoms with Crippen molar-refractivity contribution in [3.05, 3.63) is 95.1 Å². The van der Waals surface area contributed by atoms with Gasteiger partial charge in [-0.1, -0.05) is 62.4 Å². The molecule has 3 rings (SSSR count). The second-order valence-corrected chi connectivity index (χ2v) is 9.86. The molecule has 3 aromatic rings. The molecule has 1 N–H and O–H groups in total. The fourth-order valence-electron chi connectivity index (χ4n) is 3.45. The quantitative estimate of drug-likeness (QED) is 0.544. The zero-order chi connectivity index (χ0) is 22.6. The van der Waals surface area contributed by atoms with Crippen molar-refractivity contribution in [1.29, 1.82) is 0 Å². The lowest BCUT2D eigenvalue weighted by Gasteiger charge is -2.22. The molecule has 5 nitrogen and oxygen atoms in total. The third-order valence-corrected chi connectivity index (χ3v) is 6.29. The molecule has 31 heavy (non-hydrogen) atoms. The summed E-state index contributed by atoms with van der Waals surface area (Å²) in [6, 6.07) is 22.0. The van der Waals surface area contributed by atoms with E-state index in [0.717, 1.165) is 22.4 Å². The molecule has 0 saturated heterocycles. The zero-order valence-corrected chi connectivity index (χ0v) is 19.1. The molecule has 1 amide bonds. The van der Waals surface area contributed by atoms with E-state index in [1.165, 1.54) is 10.6 Å². The number of rotatable bonds is 7. The normalized spacial score (nSPS) is 11.4. The van der Waals surface area contributed by atoms with Crippen LogP contribution in [0.2, 0.25) is 0 Å². The first kappa shape index (κ1) is 22.6. The molecule has 0 radical (unpaired) electrons. The van der Waals surface area contributed by atoms with E-state index in [1.807, 2.05) is 31.2 Å². The van der Waals surface area contributed by atoms with Crippen LogP contribution in [0.15, 0.2) is 72.8 Å². The lowest BCUT2D eigenvalue weighted by atomic mass is 9.98. The molecular weight excluding hydrogens is 408 g/mol. The number of sulfonamides is 1. The van der Waals surface area contributed by atoms with Crippen molar-refractivity contribution in [3.8, 4) is 0 Å². The number of amides is 1. The van der Waals surface area contributed by atoms with E-state index in [4.69, 9.17) is 0 Å². The van der Waals surface area contributed by atoms with Crippen molar-refractivity contribution in [2.45, 2.75) is 33.2 Å². The minimum Gasteiger partial charge on any atom is -0.321 e. The summed E-state index contributed by atoms with van der Waals surface area (Å²) in [5.41, 5.74) is 4.88. The molecule has 0 aliphatic rings. The monoisotopic (exact) mass is 436 g/mol. The van der Waals surface area contributed by atoms with Crippen molar-refractivity contribution in [3.63, 3.8) is 0 Å². The van der Waals surface area contributed by atoms with Gasteiger partial charge in [0, 0.05) is 11.3 Å². The van der Waals surface area contributed by atoms with Gasteiger partial charge in [0.2, 0.25) is 10.0 Å². The van der Waals surface area contributed by atoms with E-state index in [-0.39, 0.29) is 18.4 Å². The maximum Gasteiger partial charge on any atom is 0.255 e. The van der Waals surface area contributed by atoms with Crippen molar-refractivity contribution in [2.75, 3.05) is 15.9 Å². The van der Waals surface area contributed by atoms with Gasteiger partial charge in [-0.25, -0.2) is 8.42 Å². The van der Waals surface area contributed by atoms with E-state index in [0.29, 0.717) is 11.3 Å². The first-order valence-electron chi connectivity index (χ1n) is 10.2. The van der Waals surface area contributed by atoms with Crippen LogP contribution in [0.3, 0.4) is 0 Å². The Labute approximate surface area is 184 Å². The Hall–Kier alpha value is -3.12. The first-order chi connectivity index (χ1) is 14.7. The van der Waals surface area contributed by atoms with Crippen LogP contribution in [0.4, 0.5) is 11.4 Å². The van der Waals surface area contributed by atoms with Crippen molar-refractivity contribution >= 4 is 27.3 Å². The summed E-state index contributed by atoms with van der Waals surface area (Å²) in [4.78, 5) is 12.8. The molecule has 0 bridgehead atoms. The van der Waals surface area contributed by atoms with Crippen LogP contribution in [0.5, 0.6) is 0 Å². The molecule has 0 saturated carbocycles. The smallest absolute Gasteiger partial charge is 0.255 e. The van der Waals surface area contributed by atoms with Crippen molar-refractivity contribution in [1.82, 2.24) is 0 Å². The predicted octanol–water partition coefficient (Wildman–Crippen LogP) is 5.34. The van der Waals surface area contributed by atoms with Gasteiger partial charge in [0.25, 0.3) is 5.91 Å². The van der Waals surface area contributed by atoms with E-state index in [2.05, 4.69) is 19.2 Å². The molecule has 0 aliphatic carbocycles. The highest BCUT2D eigenvalue weighted by molar-refractivity contribution is 7.92. The van der Waals surface area contributed by atoms with Crippen LogP contribution < -0.4 is 9.62 Å². The number of aryl methyl sites for hydroxylation is 1. The number of carbonyl (C=O) groups excluding carboxylic acids is 1. The lowest BCUT2D eigenvalue weighted by Crippen LogP contribution is -2.29. The number of para-hydroxylation sites is 2. The second-order valence-electron chi connectivity index (χ2n) is 7.95. The third kappa shape index (κ3) is 5.52. The lowest BCUT2D eigenvalue weighted by molar-refractivity contribution is 0.102. The van der Waals surface area contributed by atoms with Crippen LogP contribution in [-0.4, -0.2) is 20.6 Å². The van der Waals surface area contributed by atoms with E-state index in [1.54, 1.807) is 48.5 Å². The van der Waals surface area contributed by atoms with Gasteiger partial charge in [0.15, 0.2) is 0 Å². The summed E-state index contributed by atoms with van der Waals surface area (Å²) in [6.07, 6.45) is 1.19. The van der Waals surface area contributed by atoms with Crippen LogP contribution in [0, 0.1) is 6.92 Å². The molecule has 0 aliphatic heterocycles. The molecule has 0 atom stereocenters. The van der Waals surface area contributed by atoms with Crippen molar-refractivity contribution < 1.29 is 13.2 Å². The molecule has 0 fully saturated rings. The average Bonchev–Trinajstić information content (AvgIpc) is 2.73. The van der Waals surface area contributed by atoms with Gasteiger partial charge >= 0.3 is 0 Å². The van der Waals surface area contributed by atoms with E-state index >= 15 is 0 Å². The zero-order valence-electron chi connectivity index (χ0n) is 18.3. The minimum absolute atomic E-state index is 0.189. The standard InChI is InChI=1S/C25H28N2O3S/c1-18(2)23-12-8-9-19(3)24(23)26-25(28)21-15-13-20(14-16-21)17-27(31(4,29)30)22-10-6-5-7-11-22/h5-16,18H,17H2,1-4H3,(H,26,28). The average molecular weight is 437 g/mol. The highest BCUT2D eigenvalue weighted by Gasteiger charge is 2.18. The van der Waals surface area contributed by atoms with Gasteiger partial charge in [0.05, 0.1) is 18.5 Å². The number of hydrogen-bond acceptors (Lipinski definition) is 3. The Morgan fingerprint density at radius 3 is 2.16 bits per heavy atom. The Kier molecular flexibility index (Phi) is 6.81. The highest BCUT2D eigenvalue weighted by atomic mass is 32.2. The van der Waals surface area contributed by atoms with Gasteiger partial charge in [-0.3, -0.25) is 9.10 Å².